The number of hydrogen-bond acceptors (Lipinski definition) is 3. The average molecular weight is 238 g/mol. The van der Waals surface area contributed by atoms with Crippen molar-refractivity contribution in [1.82, 2.24) is 4.98 Å². The van der Waals surface area contributed by atoms with Crippen LogP contribution in [0.15, 0.2) is 9.30 Å². The first-order valence-electron chi connectivity index (χ1n) is 2.38. The summed E-state index contributed by atoms with van der Waals surface area (Å²) in [5.41, 5.74) is 0.612. The minimum Gasteiger partial charge on any atom is -0.231 e. The number of halogens is 2. The fourth-order valence-electron chi connectivity index (χ4n) is 0.446. The summed E-state index contributed by atoms with van der Waals surface area (Å²) in [5.74, 6) is 0. The van der Waals surface area contributed by atoms with Crippen LogP contribution in [0.1, 0.15) is 11.1 Å². The Morgan fingerprint density at radius 1 is 1.90 bits per heavy atom. The first kappa shape index (κ1) is 7.99. The van der Waals surface area contributed by atoms with E-state index >= 15 is 0 Å². The van der Waals surface area contributed by atoms with E-state index in [4.69, 9.17) is 16.9 Å². The first-order chi connectivity index (χ1) is 4.74. The van der Waals surface area contributed by atoms with Crippen molar-refractivity contribution < 1.29 is 0 Å². The van der Waals surface area contributed by atoms with Gasteiger partial charge in [-0.1, -0.05) is 11.6 Å². The smallest absolute Gasteiger partial charge is 0.163 e. The van der Waals surface area contributed by atoms with Crippen LogP contribution in [-0.2, 0) is 0 Å². The Morgan fingerprint density at radius 2 is 2.60 bits per heavy atom. The van der Waals surface area contributed by atoms with Crippen LogP contribution in [0.3, 0.4) is 0 Å². The lowest BCUT2D eigenvalue weighted by Crippen LogP contribution is -1.84. The van der Waals surface area contributed by atoms with Gasteiger partial charge in [-0.15, -0.1) is 11.3 Å². The van der Waals surface area contributed by atoms with Crippen molar-refractivity contribution in [1.29, 1.82) is 5.26 Å². The zero-order valence-corrected chi connectivity index (χ0v) is 7.87. The van der Waals surface area contributed by atoms with Gasteiger partial charge in [-0.05, 0) is 15.9 Å². The van der Waals surface area contributed by atoms with Crippen LogP contribution in [0.25, 0.3) is 0 Å². The van der Waals surface area contributed by atoms with Crippen LogP contribution in [0.5, 0.6) is 0 Å². The molecule has 1 aromatic heterocycles. The Kier molecular flexibility index (Phi) is 2.66. The summed E-state index contributed by atoms with van der Waals surface area (Å²) >= 11 is 10.2. The van der Waals surface area contributed by atoms with E-state index in [1.165, 1.54) is 11.3 Å². The molecule has 0 amide bonds. The summed E-state index contributed by atoms with van der Waals surface area (Å²) in [6, 6.07) is 1.88. The van der Waals surface area contributed by atoms with Crippen molar-refractivity contribution in [3.63, 3.8) is 0 Å². The van der Waals surface area contributed by atoms with Gasteiger partial charge >= 0.3 is 0 Å². The third-order valence-electron chi connectivity index (χ3n) is 0.867. The first-order valence-corrected chi connectivity index (χ1v) is 4.49. The lowest BCUT2D eigenvalue weighted by atomic mass is 10.4. The van der Waals surface area contributed by atoms with E-state index in [1.807, 2.05) is 6.07 Å². The van der Waals surface area contributed by atoms with Crippen molar-refractivity contribution in [2.75, 3.05) is 0 Å². The quantitative estimate of drug-likeness (QED) is 0.704. The van der Waals surface area contributed by atoms with Gasteiger partial charge in [0.1, 0.15) is 0 Å². The molecule has 0 N–H and O–H groups in total. The molecule has 1 rings (SSSR count). The second kappa shape index (κ2) is 3.33. The maximum Gasteiger partial charge on any atom is 0.163 e. The molecule has 1 atom stereocenters. The minimum absolute atomic E-state index is 0.612. The standard InChI is InChI=1S/C5H2BrClN2S/c6-5-9-4(2-10-5)3(7)1-8/h2-3H. The molecule has 1 aromatic rings. The Morgan fingerprint density at radius 3 is 3.00 bits per heavy atom. The number of rotatable bonds is 1. The summed E-state index contributed by atoms with van der Waals surface area (Å²) in [6.07, 6.45) is 0. The van der Waals surface area contributed by atoms with Crippen LogP contribution < -0.4 is 0 Å². The minimum atomic E-state index is -0.623. The monoisotopic (exact) mass is 236 g/mol. The maximum absolute atomic E-state index is 8.36. The largest absolute Gasteiger partial charge is 0.231 e. The number of nitriles is 1. The second-order valence-corrected chi connectivity index (χ2v) is 4.09. The molecule has 0 radical (unpaired) electrons. The molecule has 52 valence electrons. The van der Waals surface area contributed by atoms with Gasteiger partial charge in [0, 0.05) is 5.38 Å². The highest BCUT2D eigenvalue weighted by Crippen LogP contribution is 2.24. The topological polar surface area (TPSA) is 36.7 Å². The van der Waals surface area contributed by atoms with Crippen molar-refractivity contribution >= 4 is 38.9 Å². The maximum atomic E-state index is 8.36. The molecule has 0 bridgehead atoms. The molecule has 0 aliphatic heterocycles. The van der Waals surface area contributed by atoms with E-state index in [2.05, 4.69) is 20.9 Å². The zero-order chi connectivity index (χ0) is 7.56. The molecule has 5 heteroatoms. The summed E-state index contributed by atoms with van der Waals surface area (Å²) in [7, 11) is 0. The van der Waals surface area contributed by atoms with E-state index in [1.54, 1.807) is 5.38 Å². The molecule has 0 fully saturated rings. The number of alkyl halides is 1. The highest BCUT2D eigenvalue weighted by Gasteiger charge is 2.08. The summed E-state index contributed by atoms with van der Waals surface area (Å²) in [4.78, 5) is 3.96. The van der Waals surface area contributed by atoms with E-state index in [0.717, 1.165) is 3.92 Å². The van der Waals surface area contributed by atoms with Crippen molar-refractivity contribution in [3.05, 3.63) is 15.0 Å². The van der Waals surface area contributed by atoms with Crippen LogP contribution in [0.2, 0.25) is 0 Å². The van der Waals surface area contributed by atoms with Crippen LogP contribution in [-0.4, -0.2) is 4.98 Å². The summed E-state index contributed by atoms with van der Waals surface area (Å²) in [5, 5.41) is 9.50. The third-order valence-corrected chi connectivity index (χ3v) is 2.57. The highest BCUT2D eigenvalue weighted by atomic mass is 79.9. The van der Waals surface area contributed by atoms with Gasteiger partial charge in [-0.3, -0.25) is 0 Å². The predicted molar refractivity (Wildman–Crippen MR) is 44.0 cm³/mol. The van der Waals surface area contributed by atoms with E-state index in [0.29, 0.717) is 5.69 Å². The van der Waals surface area contributed by atoms with Crippen molar-refractivity contribution in [3.8, 4) is 6.07 Å². The van der Waals surface area contributed by atoms with Gasteiger partial charge in [-0.2, -0.15) is 5.26 Å². The van der Waals surface area contributed by atoms with Gasteiger partial charge < -0.3 is 0 Å². The molecule has 2 nitrogen and oxygen atoms in total. The normalized spacial score (nSPS) is 12.5. The molecule has 0 aliphatic carbocycles. The van der Waals surface area contributed by atoms with Gasteiger partial charge in [0.15, 0.2) is 9.29 Å². The predicted octanol–water partition coefficient (Wildman–Crippen LogP) is 2.71. The Balaban J connectivity index is 2.87. The van der Waals surface area contributed by atoms with Crippen LogP contribution in [0, 0.1) is 11.3 Å². The molecule has 0 spiro atoms. The van der Waals surface area contributed by atoms with Crippen molar-refractivity contribution in [2.45, 2.75) is 5.38 Å². The number of aromatic nitrogens is 1. The second-order valence-electron chi connectivity index (χ2n) is 1.52. The Hall–Kier alpha value is -0.110. The Labute approximate surface area is 75.6 Å². The molecule has 0 aromatic carbocycles. The molecule has 10 heavy (non-hydrogen) atoms. The fraction of sp³-hybridized carbons (Fsp3) is 0.200. The Bertz CT molecular complexity index is 267. The number of hydrogen-bond donors (Lipinski definition) is 0. The fourth-order valence-corrected chi connectivity index (χ4v) is 1.68. The third kappa shape index (κ3) is 1.69. The van der Waals surface area contributed by atoms with Gasteiger partial charge in [-0.25, -0.2) is 4.98 Å². The van der Waals surface area contributed by atoms with Crippen LogP contribution in [0.4, 0.5) is 0 Å². The highest BCUT2D eigenvalue weighted by molar-refractivity contribution is 9.11. The average Bonchev–Trinajstić information content (AvgIpc) is 2.34. The molecule has 1 heterocycles. The molecule has 0 saturated carbocycles. The lowest BCUT2D eigenvalue weighted by Gasteiger charge is -1.89. The lowest BCUT2D eigenvalue weighted by molar-refractivity contribution is 1.11. The van der Waals surface area contributed by atoms with Crippen LogP contribution >= 0.6 is 38.9 Å². The zero-order valence-electron chi connectivity index (χ0n) is 4.71. The number of nitrogens with zero attached hydrogens (tertiary/aromatic N) is 2. The van der Waals surface area contributed by atoms with Gasteiger partial charge in [0.2, 0.25) is 0 Å². The van der Waals surface area contributed by atoms with E-state index in [-0.39, 0.29) is 0 Å². The molecule has 0 saturated heterocycles. The van der Waals surface area contributed by atoms with Gasteiger partial charge in [0.25, 0.3) is 0 Å². The number of thiazole rings is 1. The molecule has 0 aliphatic rings. The molecule has 1 unspecified atom stereocenters. The van der Waals surface area contributed by atoms with E-state index in [9.17, 15) is 0 Å². The molecular weight excluding hydrogens is 235 g/mol. The summed E-state index contributed by atoms with van der Waals surface area (Å²) in [6.45, 7) is 0. The molecular formula is C5H2BrClN2S. The SMILES string of the molecule is N#CC(Cl)c1csc(Br)n1. The van der Waals surface area contributed by atoms with Crippen molar-refractivity contribution in [2.24, 2.45) is 0 Å². The van der Waals surface area contributed by atoms with E-state index < -0.39 is 5.38 Å². The summed E-state index contributed by atoms with van der Waals surface area (Å²) < 4.78 is 0.753. The van der Waals surface area contributed by atoms with Gasteiger partial charge in [0.05, 0.1) is 11.8 Å².